The van der Waals surface area contributed by atoms with Crippen LogP contribution in [0, 0.1) is 5.92 Å². The Balaban J connectivity index is 1.67. The quantitative estimate of drug-likeness (QED) is 0.855. The van der Waals surface area contributed by atoms with E-state index >= 15 is 0 Å². The number of nitrogens with zero attached hydrogens (tertiary/aromatic N) is 2. The molecule has 0 radical (unpaired) electrons. The maximum absolute atomic E-state index is 10.5. The number of rotatable bonds is 6. The van der Waals surface area contributed by atoms with Crippen LogP contribution in [0.15, 0.2) is 42.7 Å². The summed E-state index contributed by atoms with van der Waals surface area (Å²) in [5.74, 6) is 1.10. The predicted octanol–water partition coefficient (Wildman–Crippen LogP) is 3.56. The minimum absolute atomic E-state index is 0.114. The first-order valence-corrected chi connectivity index (χ1v) is 9.13. The Hall–Kier alpha value is -1.62. The number of β-amino-alcohol motifs (C(OH)–C–C–N with tert-alkyl or cyclic N) is 1. The Morgan fingerprint density at radius 3 is 2.72 bits per heavy atom. The van der Waals surface area contributed by atoms with E-state index in [1.165, 1.54) is 5.56 Å². The molecule has 1 aromatic heterocycles. The second kappa shape index (κ2) is 8.17. The van der Waals surface area contributed by atoms with Gasteiger partial charge < -0.3 is 9.84 Å². The lowest BCUT2D eigenvalue weighted by molar-refractivity contribution is 0.140. The van der Waals surface area contributed by atoms with Gasteiger partial charge in [-0.2, -0.15) is 0 Å². The molecule has 1 N–H and O–H groups in total. The molecule has 5 heteroatoms. The number of aliphatic hydroxyl groups excluding tert-OH is 1. The standard InChI is InChI=1S/C20H25ClN2O2/c1-14(2)25-20-4-3-18(21)10-17(20)12-23-11-16(19(24)13-23)9-15-5-7-22-8-6-15/h3-8,10,14,16,19,24H,9,11-13H2,1-2H3/t16-,19+/m1/s1. The Kier molecular flexibility index (Phi) is 5.94. The van der Waals surface area contributed by atoms with Gasteiger partial charge in [-0.3, -0.25) is 9.88 Å². The molecule has 1 aliphatic rings. The summed E-state index contributed by atoms with van der Waals surface area (Å²) in [5.41, 5.74) is 2.28. The van der Waals surface area contributed by atoms with Gasteiger partial charge in [0, 0.05) is 48.5 Å². The zero-order chi connectivity index (χ0) is 17.8. The Morgan fingerprint density at radius 1 is 1.24 bits per heavy atom. The molecular weight excluding hydrogens is 336 g/mol. The molecule has 0 spiro atoms. The number of pyridine rings is 1. The average molecular weight is 361 g/mol. The minimum atomic E-state index is -0.318. The monoisotopic (exact) mass is 360 g/mol. The molecule has 25 heavy (non-hydrogen) atoms. The topological polar surface area (TPSA) is 45.6 Å². The molecule has 0 bridgehead atoms. The smallest absolute Gasteiger partial charge is 0.124 e. The van der Waals surface area contributed by atoms with Crippen LogP contribution in [0.5, 0.6) is 5.75 Å². The van der Waals surface area contributed by atoms with E-state index in [9.17, 15) is 5.11 Å². The third kappa shape index (κ3) is 4.94. The van der Waals surface area contributed by atoms with E-state index in [-0.39, 0.29) is 18.1 Å². The summed E-state index contributed by atoms with van der Waals surface area (Å²) >= 11 is 6.17. The molecule has 1 saturated heterocycles. The summed E-state index contributed by atoms with van der Waals surface area (Å²) in [7, 11) is 0. The van der Waals surface area contributed by atoms with Crippen molar-refractivity contribution in [3.63, 3.8) is 0 Å². The van der Waals surface area contributed by atoms with Gasteiger partial charge in [0.05, 0.1) is 12.2 Å². The number of ether oxygens (including phenoxy) is 1. The number of halogens is 1. The van der Waals surface area contributed by atoms with Crippen LogP contribution in [0.4, 0.5) is 0 Å². The van der Waals surface area contributed by atoms with Gasteiger partial charge in [0.25, 0.3) is 0 Å². The van der Waals surface area contributed by atoms with Crippen LogP contribution in [0.25, 0.3) is 0 Å². The second-order valence-corrected chi connectivity index (χ2v) is 7.44. The Morgan fingerprint density at radius 2 is 2.00 bits per heavy atom. The first-order chi connectivity index (χ1) is 12.0. The van der Waals surface area contributed by atoms with Gasteiger partial charge in [-0.15, -0.1) is 0 Å². The van der Waals surface area contributed by atoms with Crippen molar-refractivity contribution in [2.24, 2.45) is 5.92 Å². The largest absolute Gasteiger partial charge is 0.491 e. The average Bonchev–Trinajstić information content (AvgIpc) is 2.90. The number of aromatic nitrogens is 1. The number of hydrogen-bond acceptors (Lipinski definition) is 4. The van der Waals surface area contributed by atoms with Crippen molar-refractivity contribution in [3.8, 4) is 5.75 Å². The number of aliphatic hydroxyl groups is 1. The first kappa shape index (κ1) is 18.2. The van der Waals surface area contributed by atoms with Crippen LogP contribution in [0.1, 0.15) is 25.0 Å². The summed E-state index contributed by atoms with van der Waals surface area (Å²) in [6.07, 6.45) is 4.27. The van der Waals surface area contributed by atoms with Crippen molar-refractivity contribution in [3.05, 3.63) is 58.9 Å². The molecule has 4 nitrogen and oxygen atoms in total. The zero-order valence-electron chi connectivity index (χ0n) is 14.7. The summed E-state index contributed by atoms with van der Waals surface area (Å²) in [6, 6.07) is 9.77. The van der Waals surface area contributed by atoms with Crippen LogP contribution < -0.4 is 4.74 Å². The van der Waals surface area contributed by atoms with E-state index in [0.29, 0.717) is 11.6 Å². The molecular formula is C20H25ClN2O2. The molecule has 3 rings (SSSR count). The third-order valence-electron chi connectivity index (χ3n) is 4.51. The van der Waals surface area contributed by atoms with E-state index in [2.05, 4.69) is 9.88 Å². The minimum Gasteiger partial charge on any atom is -0.491 e. The summed E-state index contributed by atoms with van der Waals surface area (Å²) in [4.78, 5) is 6.33. The van der Waals surface area contributed by atoms with Crippen LogP contribution in [0.3, 0.4) is 0 Å². The molecule has 2 atom stereocenters. The maximum atomic E-state index is 10.5. The molecule has 2 aromatic rings. The summed E-state index contributed by atoms with van der Waals surface area (Å²) in [5, 5.41) is 11.2. The molecule has 134 valence electrons. The van der Waals surface area contributed by atoms with Gasteiger partial charge in [-0.25, -0.2) is 0 Å². The van der Waals surface area contributed by atoms with Gasteiger partial charge in [0.15, 0.2) is 0 Å². The molecule has 0 unspecified atom stereocenters. The van der Waals surface area contributed by atoms with Crippen LogP contribution in [-0.2, 0) is 13.0 Å². The van der Waals surface area contributed by atoms with Gasteiger partial charge in [0.1, 0.15) is 5.75 Å². The molecule has 0 amide bonds. The normalized spacial score (nSPS) is 21.0. The predicted molar refractivity (Wildman–Crippen MR) is 99.9 cm³/mol. The van der Waals surface area contributed by atoms with E-state index in [0.717, 1.165) is 30.8 Å². The van der Waals surface area contributed by atoms with Gasteiger partial charge in [-0.05, 0) is 56.2 Å². The van der Waals surface area contributed by atoms with Crippen molar-refractivity contribution in [1.82, 2.24) is 9.88 Å². The second-order valence-electron chi connectivity index (χ2n) is 7.00. The Labute approximate surface area is 154 Å². The van der Waals surface area contributed by atoms with Crippen LogP contribution in [-0.4, -0.2) is 40.3 Å². The van der Waals surface area contributed by atoms with Crippen molar-refractivity contribution in [2.75, 3.05) is 13.1 Å². The number of hydrogen-bond donors (Lipinski definition) is 1. The highest BCUT2D eigenvalue weighted by molar-refractivity contribution is 6.30. The van der Waals surface area contributed by atoms with Gasteiger partial charge >= 0.3 is 0 Å². The lowest BCUT2D eigenvalue weighted by Gasteiger charge is -2.20. The highest BCUT2D eigenvalue weighted by Gasteiger charge is 2.31. The van der Waals surface area contributed by atoms with Crippen molar-refractivity contribution < 1.29 is 9.84 Å². The summed E-state index contributed by atoms with van der Waals surface area (Å²) in [6.45, 7) is 6.29. The molecule has 1 aromatic carbocycles. The van der Waals surface area contributed by atoms with Crippen LogP contribution in [0.2, 0.25) is 5.02 Å². The SMILES string of the molecule is CC(C)Oc1ccc(Cl)cc1CN1C[C@@H](Cc2ccncc2)[C@@H](O)C1. The third-order valence-corrected chi connectivity index (χ3v) is 4.74. The molecule has 1 fully saturated rings. The molecule has 0 aliphatic carbocycles. The zero-order valence-corrected chi connectivity index (χ0v) is 15.5. The van der Waals surface area contributed by atoms with E-state index in [4.69, 9.17) is 16.3 Å². The van der Waals surface area contributed by atoms with Gasteiger partial charge in [-0.1, -0.05) is 11.6 Å². The highest BCUT2D eigenvalue weighted by Crippen LogP contribution is 2.28. The molecule has 1 aliphatic heterocycles. The fraction of sp³-hybridized carbons (Fsp3) is 0.450. The number of likely N-dealkylation sites (tertiary alicyclic amines) is 1. The van der Waals surface area contributed by atoms with E-state index < -0.39 is 0 Å². The van der Waals surface area contributed by atoms with Crippen LogP contribution >= 0.6 is 11.6 Å². The fourth-order valence-corrected chi connectivity index (χ4v) is 3.57. The van der Waals surface area contributed by atoms with Crippen molar-refractivity contribution in [2.45, 2.75) is 39.0 Å². The Bertz CT molecular complexity index is 693. The van der Waals surface area contributed by atoms with E-state index in [1.54, 1.807) is 12.4 Å². The first-order valence-electron chi connectivity index (χ1n) is 8.75. The van der Waals surface area contributed by atoms with E-state index in [1.807, 2.05) is 44.2 Å². The maximum Gasteiger partial charge on any atom is 0.124 e. The molecule has 2 heterocycles. The number of benzene rings is 1. The van der Waals surface area contributed by atoms with Crippen molar-refractivity contribution >= 4 is 11.6 Å². The lowest BCUT2D eigenvalue weighted by atomic mass is 9.97. The lowest BCUT2D eigenvalue weighted by Crippen LogP contribution is -2.22. The highest BCUT2D eigenvalue weighted by atomic mass is 35.5. The van der Waals surface area contributed by atoms with Gasteiger partial charge in [0.2, 0.25) is 0 Å². The fourth-order valence-electron chi connectivity index (χ4n) is 3.37. The summed E-state index contributed by atoms with van der Waals surface area (Å²) < 4.78 is 5.91. The molecule has 0 saturated carbocycles. The van der Waals surface area contributed by atoms with Crippen molar-refractivity contribution in [1.29, 1.82) is 0 Å².